The summed E-state index contributed by atoms with van der Waals surface area (Å²) in [4.78, 5) is 36.6. The second-order valence-electron chi connectivity index (χ2n) is 6.20. The van der Waals surface area contributed by atoms with E-state index in [0.29, 0.717) is 0 Å². The van der Waals surface area contributed by atoms with E-state index in [1.165, 1.54) is 0 Å². The third kappa shape index (κ3) is 4.82. The minimum Gasteiger partial charge on any atom is -0.353 e. The molecule has 5 nitrogen and oxygen atoms in total. The molecule has 1 aliphatic carbocycles. The van der Waals surface area contributed by atoms with E-state index in [2.05, 4.69) is 10.6 Å². The lowest BCUT2D eigenvalue weighted by atomic mass is 9.93. The van der Waals surface area contributed by atoms with Crippen LogP contribution in [0.25, 0.3) is 0 Å². The Morgan fingerprint density at radius 3 is 1.45 bits per heavy atom. The topological polar surface area (TPSA) is 75.3 Å². The molecule has 0 aromatic rings. The van der Waals surface area contributed by atoms with Gasteiger partial charge in [-0.25, -0.2) is 0 Å². The molecule has 2 atom stereocenters. The average Bonchev–Trinajstić information content (AvgIpc) is 2.91. The molecule has 0 spiro atoms. The maximum absolute atomic E-state index is 12.4. The first-order chi connectivity index (χ1) is 10.5. The molecular weight excluding hydrogens is 280 g/mol. The SMILES string of the molecule is CCC(CC)NC(=O)[C@@H]1CC(=O)C[C@H]1C(=O)NC(CC)CC. The molecule has 0 unspecified atom stereocenters. The highest BCUT2D eigenvalue weighted by molar-refractivity contribution is 5.98. The van der Waals surface area contributed by atoms with Crippen molar-refractivity contribution in [3.05, 3.63) is 0 Å². The molecule has 126 valence electrons. The smallest absolute Gasteiger partial charge is 0.224 e. The molecular formula is C17H30N2O3. The number of ketones is 1. The van der Waals surface area contributed by atoms with E-state index >= 15 is 0 Å². The van der Waals surface area contributed by atoms with Crippen molar-refractivity contribution >= 4 is 17.6 Å². The van der Waals surface area contributed by atoms with Crippen molar-refractivity contribution in [2.45, 2.75) is 78.3 Å². The van der Waals surface area contributed by atoms with Crippen LogP contribution in [0.2, 0.25) is 0 Å². The van der Waals surface area contributed by atoms with Gasteiger partial charge in [0.2, 0.25) is 11.8 Å². The van der Waals surface area contributed by atoms with Crippen molar-refractivity contribution in [1.82, 2.24) is 10.6 Å². The van der Waals surface area contributed by atoms with Crippen LogP contribution in [0, 0.1) is 11.8 Å². The average molecular weight is 310 g/mol. The van der Waals surface area contributed by atoms with Crippen LogP contribution < -0.4 is 10.6 Å². The maximum Gasteiger partial charge on any atom is 0.224 e. The zero-order valence-corrected chi connectivity index (χ0v) is 14.3. The fourth-order valence-corrected chi connectivity index (χ4v) is 3.01. The Morgan fingerprint density at radius 1 is 0.864 bits per heavy atom. The zero-order valence-electron chi connectivity index (χ0n) is 14.3. The molecule has 0 bridgehead atoms. The number of carbonyl (C=O) groups is 3. The summed E-state index contributed by atoms with van der Waals surface area (Å²) in [5.41, 5.74) is 0. The summed E-state index contributed by atoms with van der Waals surface area (Å²) in [7, 11) is 0. The standard InChI is InChI=1S/C17H30N2O3/c1-5-11(6-2)18-16(21)14-9-13(20)10-15(14)17(22)19-12(7-3)8-4/h11-12,14-15H,5-10H2,1-4H3,(H,18,21)(H,19,22)/t14-,15-/m1/s1. The molecule has 0 aliphatic heterocycles. The van der Waals surface area contributed by atoms with Gasteiger partial charge in [-0.15, -0.1) is 0 Å². The highest BCUT2D eigenvalue weighted by Gasteiger charge is 2.42. The van der Waals surface area contributed by atoms with Crippen molar-refractivity contribution < 1.29 is 14.4 Å². The summed E-state index contributed by atoms with van der Waals surface area (Å²) < 4.78 is 0. The number of carbonyl (C=O) groups excluding carboxylic acids is 3. The quantitative estimate of drug-likeness (QED) is 0.721. The minimum atomic E-state index is -0.512. The molecule has 1 rings (SSSR count). The van der Waals surface area contributed by atoms with Crippen molar-refractivity contribution in [1.29, 1.82) is 0 Å². The van der Waals surface area contributed by atoms with Crippen LogP contribution >= 0.6 is 0 Å². The molecule has 0 radical (unpaired) electrons. The van der Waals surface area contributed by atoms with Gasteiger partial charge in [-0.3, -0.25) is 14.4 Å². The van der Waals surface area contributed by atoms with Crippen LogP contribution in [0.1, 0.15) is 66.2 Å². The third-order valence-electron chi connectivity index (χ3n) is 4.72. The normalized spacial score (nSPS) is 21.5. The Hall–Kier alpha value is -1.39. The van der Waals surface area contributed by atoms with Gasteiger partial charge in [0.15, 0.2) is 0 Å². The fourth-order valence-electron chi connectivity index (χ4n) is 3.01. The van der Waals surface area contributed by atoms with E-state index in [1.807, 2.05) is 27.7 Å². The van der Waals surface area contributed by atoms with Crippen molar-refractivity contribution in [2.24, 2.45) is 11.8 Å². The largest absolute Gasteiger partial charge is 0.353 e. The summed E-state index contributed by atoms with van der Waals surface area (Å²) >= 11 is 0. The van der Waals surface area contributed by atoms with Gasteiger partial charge in [-0.05, 0) is 25.7 Å². The number of hydrogen-bond donors (Lipinski definition) is 2. The highest BCUT2D eigenvalue weighted by Crippen LogP contribution is 2.30. The first-order valence-electron chi connectivity index (χ1n) is 8.59. The van der Waals surface area contributed by atoms with Crippen LogP contribution in [-0.4, -0.2) is 29.7 Å². The van der Waals surface area contributed by atoms with Crippen LogP contribution in [0.15, 0.2) is 0 Å². The lowest BCUT2D eigenvalue weighted by molar-refractivity contribution is -0.134. The first-order valence-corrected chi connectivity index (χ1v) is 8.59. The number of Topliss-reactive ketones (excluding diaryl/α,β-unsaturated/α-hetero) is 1. The van der Waals surface area contributed by atoms with Gasteiger partial charge in [0.05, 0.1) is 11.8 Å². The van der Waals surface area contributed by atoms with Gasteiger partial charge in [0.1, 0.15) is 5.78 Å². The van der Waals surface area contributed by atoms with E-state index in [0.717, 1.165) is 25.7 Å². The number of nitrogens with one attached hydrogen (secondary N) is 2. The van der Waals surface area contributed by atoms with Gasteiger partial charge < -0.3 is 10.6 Å². The Morgan fingerprint density at radius 2 is 1.18 bits per heavy atom. The van der Waals surface area contributed by atoms with E-state index < -0.39 is 11.8 Å². The predicted molar refractivity (Wildman–Crippen MR) is 86.2 cm³/mol. The van der Waals surface area contributed by atoms with Gasteiger partial charge in [0.25, 0.3) is 0 Å². The second-order valence-corrected chi connectivity index (χ2v) is 6.20. The molecule has 1 aliphatic rings. The van der Waals surface area contributed by atoms with Crippen LogP contribution in [0.5, 0.6) is 0 Å². The number of amides is 2. The molecule has 0 saturated heterocycles. The Bertz CT molecular complexity index is 365. The van der Waals surface area contributed by atoms with Crippen molar-refractivity contribution in [3.8, 4) is 0 Å². The molecule has 2 N–H and O–H groups in total. The molecule has 1 saturated carbocycles. The number of hydrogen-bond acceptors (Lipinski definition) is 3. The van der Waals surface area contributed by atoms with Crippen LogP contribution in [0.4, 0.5) is 0 Å². The van der Waals surface area contributed by atoms with Gasteiger partial charge >= 0.3 is 0 Å². The summed E-state index contributed by atoms with van der Waals surface area (Å²) in [6, 6.07) is 0.233. The summed E-state index contributed by atoms with van der Waals surface area (Å²) in [5.74, 6) is -1.31. The molecule has 0 aromatic heterocycles. The molecule has 0 aromatic carbocycles. The summed E-state index contributed by atoms with van der Waals surface area (Å²) in [6.45, 7) is 8.08. The van der Waals surface area contributed by atoms with Crippen LogP contribution in [0.3, 0.4) is 0 Å². The van der Waals surface area contributed by atoms with Crippen LogP contribution in [-0.2, 0) is 14.4 Å². The Balaban J connectivity index is 2.73. The number of rotatable bonds is 8. The Labute approximate surface area is 133 Å². The molecule has 0 heterocycles. The molecule has 22 heavy (non-hydrogen) atoms. The summed E-state index contributed by atoms with van der Waals surface area (Å²) in [5, 5.41) is 5.95. The first kappa shape index (κ1) is 18.7. The molecule has 5 heteroatoms. The van der Waals surface area contributed by atoms with Crippen molar-refractivity contribution in [2.75, 3.05) is 0 Å². The van der Waals surface area contributed by atoms with Gasteiger partial charge in [-0.1, -0.05) is 27.7 Å². The van der Waals surface area contributed by atoms with Gasteiger partial charge in [0, 0.05) is 24.9 Å². The monoisotopic (exact) mass is 310 g/mol. The lowest BCUT2D eigenvalue weighted by Gasteiger charge is -2.23. The van der Waals surface area contributed by atoms with E-state index in [9.17, 15) is 14.4 Å². The molecule has 2 amide bonds. The fraction of sp³-hybridized carbons (Fsp3) is 0.824. The van der Waals surface area contributed by atoms with E-state index in [-0.39, 0.29) is 42.5 Å². The van der Waals surface area contributed by atoms with Crippen molar-refractivity contribution in [3.63, 3.8) is 0 Å². The lowest BCUT2D eigenvalue weighted by Crippen LogP contribution is -2.45. The predicted octanol–water partition coefficient (Wildman–Crippen LogP) is 2.19. The van der Waals surface area contributed by atoms with Gasteiger partial charge in [-0.2, -0.15) is 0 Å². The van der Waals surface area contributed by atoms with E-state index in [4.69, 9.17) is 0 Å². The molecule has 1 fully saturated rings. The third-order valence-corrected chi connectivity index (χ3v) is 4.72. The Kier molecular flexibility index (Phi) is 7.56. The second kappa shape index (κ2) is 8.91. The summed E-state index contributed by atoms with van der Waals surface area (Å²) in [6.07, 6.45) is 3.79. The highest BCUT2D eigenvalue weighted by atomic mass is 16.2. The van der Waals surface area contributed by atoms with E-state index in [1.54, 1.807) is 0 Å². The zero-order chi connectivity index (χ0) is 16.7. The minimum absolute atomic E-state index is 0.00870. The maximum atomic E-state index is 12.4.